The second-order valence-electron chi connectivity index (χ2n) is 2.75. The molecule has 0 atom stereocenters. The van der Waals surface area contributed by atoms with Crippen LogP contribution in [0.5, 0.6) is 0 Å². The van der Waals surface area contributed by atoms with Crippen molar-refractivity contribution in [1.82, 2.24) is 5.16 Å². The molecule has 14 heavy (non-hydrogen) atoms. The molecule has 0 amide bonds. The van der Waals surface area contributed by atoms with Gasteiger partial charge in [0, 0.05) is 18.0 Å². The molecular weight excluding hydrogens is 190 g/mol. The lowest BCUT2D eigenvalue weighted by Crippen LogP contribution is -2.34. The summed E-state index contributed by atoms with van der Waals surface area (Å²) in [6, 6.07) is 0. The maximum absolute atomic E-state index is 11.0. The van der Waals surface area contributed by atoms with Gasteiger partial charge in [0.05, 0.1) is 0 Å². The second kappa shape index (κ2) is 2.98. The van der Waals surface area contributed by atoms with E-state index in [1.807, 2.05) is 0 Å². The Hall–Kier alpha value is -2.12. The lowest BCUT2D eigenvalue weighted by Gasteiger charge is -2.07. The number of nitrogens with two attached hydrogens (primary N) is 1. The van der Waals surface area contributed by atoms with E-state index in [2.05, 4.69) is 20.0 Å². The number of hydrogen-bond acceptors (Lipinski definition) is 7. The number of hydrogen-bond donors (Lipinski definition) is 2. The minimum absolute atomic E-state index is 0.187. The summed E-state index contributed by atoms with van der Waals surface area (Å²) >= 11 is 0. The smallest absolute Gasteiger partial charge is 0.273 e. The molecule has 1 aromatic rings. The van der Waals surface area contributed by atoms with Gasteiger partial charge in [0.15, 0.2) is 5.71 Å². The summed E-state index contributed by atoms with van der Waals surface area (Å²) < 4.78 is 4.38. The molecule has 1 aromatic heterocycles. The van der Waals surface area contributed by atoms with Crippen molar-refractivity contribution in [3.05, 3.63) is 16.6 Å². The standard InChI is InChI=1S/C6H7N5O3/c7-8-5-3(9-12)1-2-4-6(5)10-14-11(4)13/h12H,1-2,7H2/b8-5+,9-3+. The first-order valence-corrected chi connectivity index (χ1v) is 3.86. The summed E-state index contributed by atoms with van der Waals surface area (Å²) in [7, 11) is 0. The predicted molar refractivity (Wildman–Crippen MR) is 43.7 cm³/mol. The van der Waals surface area contributed by atoms with Crippen molar-refractivity contribution in [2.75, 3.05) is 0 Å². The third-order valence-electron chi connectivity index (χ3n) is 2.05. The van der Waals surface area contributed by atoms with Crippen LogP contribution in [0.3, 0.4) is 0 Å². The summed E-state index contributed by atoms with van der Waals surface area (Å²) in [5.41, 5.74) is 1.07. The van der Waals surface area contributed by atoms with Crippen molar-refractivity contribution < 1.29 is 14.7 Å². The van der Waals surface area contributed by atoms with Gasteiger partial charge in [-0.2, -0.15) is 5.10 Å². The molecule has 1 aliphatic carbocycles. The molecule has 8 heteroatoms. The highest BCUT2D eigenvalue weighted by Gasteiger charge is 2.33. The Morgan fingerprint density at radius 3 is 3.00 bits per heavy atom. The summed E-state index contributed by atoms with van der Waals surface area (Å²) in [4.78, 5) is 0.300. The molecule has 0 spiro atoms. The van der Waals surface area contributed by atoms with E-state index in [1.165, 1.54) is 0 Å². The van der Waals surface area contributed by atoms with Crippen LogP contribution < -0.4 is 10.7 Å². The number of fused-ring (bicyclic) bond motifs is 1. The Morgan fingerprint density at radius 2 is 2.36 bits per heavy atom. The van der Waals surface area contributed by atoms with Crippen molar-refractivity contribution >= 4 is 11.4 Å². The molecule has 0 saturated heterocycles. The normalized spacial score (nSPS) is 21.4. The summed E-state index contributed by atoms with van der Waals surface area (Å²) in [6.07, 6.45) is 0.768. The SMILES string of the molecule is N/N=C1\C(=N\O)CCc2c1no[n+]2[O-]. The van der Waals surface area contributed by atoms with Crippen LogP contribution in [0.1, 0.15) is 17.8 Å². The predicted octanol–water partition coefficient (Wildman–Crippen LogP) is -1.25. The van der Waals surface area contributed by atoms with E-state index in [0.29, 0.717) is 29.2 Å². The molecule has 1 aliphatic rings. The van der Waals surface area contributed by atoms with Gasteiger partial charge in [-0.05, 0) is 4.90 Å². The second-order valence-corrected chi connectivity index (χ2v) is 2.75. The van der Waals surface area contributed by atoms with E-state index in [-0.39, 0.29) is 11.4 Å². The highest BCUT2D eigenvalue weighted by atomic mass is 16.8. The van der Waals surface area contributed by atoms with Crippen LogP contribution in [0, 0.1) is 5.21 Å². The van der Waals surface area contributed by atoms with E-state index in [1.54, 1.807) is 0 Å². The van der Waals surface area contributed by atoms with Crippen LogP contribution in [0.25, 0.3) is 0 Å². The first kappa shape index (κ1) is 8.48. The molecule has 2 rings (SSSR count). The molecular formula is C6H7N5O3. The molecule has 0 aromatic carbocycles. The van der Waals surface area contributed by atoms with Crippen molar-refractivity contribution in [2.45, 2.75) is 12.8 Å². The van der Waals surface area contributed by atoms with Crippen LogP contribution in [-0.4, -0.2) is 21.8 Å². The zero-order valence-corrected chi connectivity index (χ0v) is 7.04. The first-order chi connectivity index (χ1) is 6.77. The number of hydrazone groups is 1. The molecule has 0 radical (unpaired) electrons. The summed E-state index contributed by atoms with van der Waals surface area (Å²) in [5, 5.41) is 29.5. The first-order valence-electron chi connectivity index (χ1n) is 3.86. The number of oxime groups is 1. The van der Waals surface area contributed by atoms with Crippen LogP contribution >= 0.6 is 0 Å². The van der Waals surface area contributed by atoms with E-state index in [0.717, 1.165) is 0 Å². The van der Waals surface area contributed by atoms with Gasteiger partial charge in [-0.1, -0.05) is 5.16 Å². The third kappa shape index (κ3) is 1.00. The van der Waals surface area contributed by atoms with Gasteiger partial charge in [-0.3, -0.25) is 4.63 Å². The highest BCUT2D eigenvalue weighted by Crippen LogP contribution is 2.14. The van der Waals surface area contributed by atoms with Crippen LogP contribution in [-0.2, 0) is 6.42 Å². The Labute approximate surface area is 77.8 Å². The van der Waals surface area contributed by atoms with Crippen molar-refractivity contribution in [1.29, 1.82) is 0 Å². The van der Waals surface area contributed by atoms with Crippen molar-refractivity contribution in [2.24, 2.45) is 16.1 Å². The molecule has 74 valence electrons. The molecule has 0 fully saturated rings. The Bertz CT molecular complexity index is 421. The van der Waals surface area contributed by atoms with E-state index >= 15 is 0 Å². The van der Waals surface area contributed by atoms with Gasteiger partial charge in [0.25, 0.3) is 5.69 Å². The molecule has 0 saturated carbocycles. The quantitative estimate of drug-likeness (QED) is 0.232. The Morgan fingerprint density at radius 1 is 1.57 bits per heavy atom. The maximum atomic E-state index is 11.0. The van der Waals surface area contributed by atoms with Gasteiger partial charge < -0.3 is 16.3 Å². The summed E-state index contributed by atoms with van der Waals surface area (Å²) in [6.45, 7) is 0. The lowest BCUT2D eigenvalue weighted by molar-refractivity contribution is -0.807. The van der Waals surface area contributed by atoms with E-state index < -0.39 is 0 Å². The highest BCUT2D eigenvalue weighted by molar-refractivity contribution is 6.48. The van der Waals surface area contributed by atoms with Gasteiger partial charge >= 0.3 is 0 Å². The zero-order valence-electron chi connectivity index (χ0n) is 7.04. The minimum Gasteiger partial charge on any atom is -0.411 e. The third-order valence-corrected chi connectivity index (χ3v) is 2.05. The van der Waals surface area contributed by atoms with Crippen LogP contribution in [0.4, 0.5) is 0 Å². The fourth-order valence-corrected chi connectivity index (χ4v) is 1.38. The average Bonchev–Trinajstić information content (AvgIpc) is 2.59. The van der Waals surface area contributed by atoms with Gasteiger partial charge in [0.2, 0.25) is 5.69 Å². The Kier molecular flexibility index (Phi) is 1.80. The van der Waals surface area contributed by atoms with Crippen LogP contribution in [0.2, 0.25) is 0 Å². The van der Waals surface area contributed by atoms with E-state index in [9.17, 15) is 5.21 Å². The molecule has 8 nitrogen and oxygen atoms in total. The molecule has 0 aliphatic heterocycles. The monoisotopic (exact) mass is 197 g/mol. The number of rotatable bonds is 0. The molecule has 0 bridgehead atoms. The topological polar surface area (TPSA) is 124 Å². The Balaban J connectivity index is 2.57. The lowest BCUT2D eigenvalue weighted by atomic mass is 9.97. The fraction of sp³-hybridized carbons (Fsp3) is 0.333. The van der Waals surface area contributed by atoms with Gasteiger partial charge in [0.1, 0.15) is 5.71 Å². The molecule has 1 heterocycles. The van der Waals surface area contributed by atoms with Crippen molar-refractivity contribution in [3.63, 3.8) is 0 Å². The zero-order chi connectivity index (χ0) is 10.1. The van der Waals surface area contributed by atoms with Crippen molar-refractivity contribution in [3.8, 4) is 0 Å². The van der Waals surface area contributed by atoms with Gasteiger partial charge in [-0.15, -0.1) is 0 Å². The molecule has 0 unspecified atom stereocenters. The fourth-order valence-electron chi connectivity index (χ4n) is 1.38. The maximum Gasteiger partial charge on any atom is 0.273 e. The average molecular weight is 197 g/mol. The number of nitrogens with zero attached hydrogens (tertiary/aromatic N) is 4. The summed E-state index contributed by atoms with van der Waals surface area (Å²) in [5.74, 6) is 5.10. The van der Waals surface area contributed by atoms with Crippen LogP contribution in [0.15, 0.2) is 14.9 Å². The molecule has 3 N–H and O–H groups in total. The minimum atomic E-state index is 0.187. The largest absolute Gasteiger partial charge is 0.411 e. The van der Waals surface area contributed by atoms with E-state index in [4.69, 9.17) is 11.0 Å². The van der Waals surface area contributed by atoms with Gasteiger partial charge in [-0.25, -0.2) is 0 Å². The number of aromatic nitrogens is 2.